The zero-order valence-electron chi connectivity index (χ0n) is 6.55. The lowest BCUT2D eigenvalue weighted by Crippen LogP contribution is -2.25. The van der Waals surface area contributed by atoms with Gasteiger partial charge in [-0.15, -0.1) is 0 Å². The third-order valence-corrected chi connectivity index (χ3v) is 2.00. The third kappa shape index (κ3) is 2.69. The van der Waals surface area contributed by atoms with E-state index in [1.165, 1.54) is 13.3 Å². The smallest absolute Gasteiger partial charge is 0.264 e. The SMILES string of the molecule is CCC(F)(F)CNc1ncns1. The largest absolute Gasteiger partial charge is 0.354 e. The Bertz CT molecular complexity index is 225. The van der Waals surface area contributed by atoms with E-state index in [9.17, 15) is 8.78 Å². The molecule has 68 valence electrons. The summed E-state index contributed by atoms with van der Waals surface area (Å²) in [5.74, 6) is -2.66. The molecule has 3 nitrogen and oxygen atoms in total. The highest BCUT2D eigenvalue weighted by atomic mass is 32.1. The fourth-order valence-electron chi connectivity index (χ4n) is 0.581. The molecule has 0 amide bonds. The number of rotatable bonds is 4. The molecule has 0 aliphatic heterocycles. The number of halogens is 2. The summed E-state index contributed by atoms with van der Waals surface area (Å²) in [4.78, 5) is 3.72. The van der Waals surface area contributed by atoms with E-state index in [1.807, 2.05) is 0 Å². The van der Waals surface area contributed by atoms with Gasteiger partial charge in [-0.1, -0.05) is 6.92 Å². The lowest BCUT2D eigenvalue weighted by atomic mass is 10.3. The van der Waals surface area contributed by atoms with E-state index < -0.39 is 5.92 Å². The number of nitrogens with zero attached hydrogens (tertiary/aromatic N) is 2. The van der Waals surface area contributed by atoms with E-state index >= 15 is 0 Å². The van der Waals surface area contributed by atoms with Gasteiger partial charge in [-0.3, -0.25) is 0 Å². The van der Waals surface area contributed by atoms with Gasteiger partial charge in [-0.05, 0) is 0 Å². The van der Waals surface area contributed by atoms with Crippen LogP contribution in [0.5, 0.6) is 0 Å². The number of nitrogens with one attached hydrogen (secondary N) is 1. The van der Waals surface area contributed by atoms with Crippen LogP contribution in [-0.4, -0.2) is 21.8 Å². The van der Waals surface area contributed by atoms with Crippen molar-refractivity contribution < 1.29 is 8.78 Å². The molecule has 1 N–H and O–H groups in total. The van der Waals surface area contributed by atoms with Crippen LogP contribution in [0.2, 0.25) is 0 Å². The predicted octanol–water partition coefficient (Wildman–Crippen LogP) is 2.00. The summed E-state index contributed by atoms with van der Waals surface area (Å²) in [6.07, 6.45) is 1.16. The first-order valence-electron chi connectivity index (χ1n) is 3.52. The second-order valence-electron chi connectivity index (χ2n) is 2.31. The first kappa shape index (κ1) is 9.31. The quantitative estimate of drug-likeness (QED) is 0.794. The molecule has 0 aliphatic carbocycles. The van der Waals surface area contributed by atoms with E-state index in [1.54, 1.807) is 0 Å². The Balaban J connectivity index is 2.36. The standard InChI is InChI=1S/C6H9F2N3S/c1-2-6(7,8)3-9-5-10-4-11-12-5/h4H,2-3H2,1H3,(H,9,10,11). The normalized spacial score (nSPS) is 11.6. The molecule has 12 heavy (non-hydrogen) atoms. The van der Waals surface area contributed by atoms with Crippen molar-refractivity contribution >= 4 is 16.7 Å². The van der Waals surface area contributed by atoms with Crippen molar-refractivity contribution in [3.63, 3.8) is 0 Å². The highest BCUT2D eigenvalue weighted by Crippen LogP contribution is 2.18. The van der Waals surface area contributed by atoms with Crippen LogP contribution in [0.3, 0.4) is 0 Å². The second-order valence-corrected chi connectivity index (χ2v) is 3.09. The number of anilines is 1. The summed E-state index contributed by atoms with van der Waals surface area (Å²) in [5.41, 5.74) is 0. The fraction of sp³-hybridized carbons (Fsp3) is 0.667. The van der Waals surface area contributed by atoms with E-state index in [-0.39, 0.29) is 13.0 Å². The van der Waals surface area contributed by atoms with Gasteiger partial charge in [-0.25, -0.2) is 13.8 Å². The van der Waals surface area contributed by atoms with Crippen molar-refractivity contribution in [1.82, 2.24) is 9.36 Å². The lowest BCUT2D eigenvalue weighted by Gasteiger charge is -2.13. The first-order valence-corrected chi connectivity index (χ1v) is 4.30. The molecule has 0 saturated heterocycles. The molecule has 0 aliphatic rings. The van der Waals surface area contributed by atoms with Crippen molar-refractivity contribution in [2.75, 3.05) is 11.9 Å². The molecule has 0 atom stereocenters. The van der Waals surface area contributed by atoms with Crippen LogP contribution in [0.1, 0.15) is 13.3 Å². The minimum absolute atomic E-state index is 0.168. The van der Waals surface area contributed by atoms with Crippen LogP contribution < -0.4 is 5.32 Å². The van der Waals surface area contributed by atoms with Gasteiger partial charge in [0, 0.05) is 18.0 Å². The van der Waals surface area contributed by atoms with Gasteiger partial charge in [0.1, 0.15) is 6.33 Å². The van der Waals surface area contributed by atoms with Crippen LogP contribution in [-0.2, 0) is 0 Å². The van der Waals surface area contributed by atoms with Crippen molar-refractivity contribution in [3.8, 4) is 0 Å². The van der Waals surface area contributed by atoms with Crippen molar-refractivity contribution in [2.24, 2.45) is 0 Å². The molecule has 1 aromatic heterocycles. The van der Waals surface area contributed by atoms with Crippen LogP contribution in [0, 0.1) is 0 Å². The van der Waals surface area contributed by atoms with Gasteiger partial charge in [-0.2, -0.15) is 4.37 Å². The summed E-state index contributed by atoms with van der Waals surface area (Å²) in [6.45, 7) is 1.07. The summed E-state index contributed by atoms with van der Waals surface area (Å²) in [7, 11) is 0. The molecule has 0 spiro atoms. The minimum Gasteiger partial charge on any atom is -0.354 e. The Kier molecular flexibility index (Phi) is 2.91. The molecule has 0 aromatic carbocycles. The molecule has 0 fully saturated rings. The summed E-state index contributed by atoms with van der Waals surface area (Å²) < 4.78 is 28.9. The van der Waals surface area contributed by atoms with Crippen LogP contribution in [0.15, 0.2) is 6.33 Å². The molecule has 1 heterocycles. The highest BCUT2D eigenvalue weighted by molar-refractivity contribution is 7.09. The third-order valence-electron chi connectivity index (χ3n) is 1.38. The molecule has 6 heteroatoms. The molecule has 0 saturated carbocycles. The Labute approximate surface area is 73.0 Å². The molecular weight excluding hydrogens is 184 g/mol. The Morgan fingerprint density at radius 2 is 2.42 bits per heavy atom. The first-order chi connectivity index (χ1) is 5.64. The number of alkyl halides is 2. The number of hydrogen-bond acceptors (Lipinski definition) is 4. The second kappa shape index (κ2) is 3.75. The van der Waals surface area contributed by atoms with Gasteiger partial charge in [0.25, 0.3) is 5.92 Å². The maximum Gasteiger partial charge on any atom is 0.264 e. The summed E-state index contributed by atoms with van der Waals surface area (Å²) in [5, 5.41) is 2.94. The van der Waals surface area contributed by atoms with Crippen molar-refractivity contribution in [3.05, 3.63) is 6.33 Å². The topological polar surface area (TPSA) is 37.8 Å². The van der Waals surface area contributed by atoms with Gasteiger partial charge in [0.05, 0.1) is 6.54 Å². The average Bonchev–Trinajstić information content (AvgIpc) is 2.53. The molecule has 0 radical (unpaired) electrons. The molecule has 1 aromatic rings. The maximum absolute atomic E-state index is 12.6. The Morgan fingerprint density at radius 1 is 1.67 bits per heavy atom. The predicted molar refractivity (Wildman–Crippen MR) is 43.6 cm³/mol. The van der Waals surface area contributed by atoms with Gasteiger partial charge in [0.15, 0.2) is 0 Å². The maximum atomic E-state index is 12.6. The van der Waals surface area contributed by atoms with E-state index in [0.717, 1.165) is 11.5 Å². The molecule has 0 bridgehead atoms. The molecule has 1 rings (SSSR count). The van der Waals surface area contributed by atoms with Crippen molar-refractivity contribution in [2.45, 2.75) is 19.3 Å². The van der Waals surface area contributed by atoms with E-state index in [4.69, 9.17) is 0 Å². The minimum atomic E-state index is -2.66. The molecular formula is C6H9F2N3S. The summed E-state index contributed by atoms with van der Waals surface area (Å²) >= 11 is 1.07. The fourth-order valence-corrected chi connectivity index (χ4v) is 1.01. The molecule has 0 unspecified atom stereocenters. The Hall–Kier alpha value is -0.780. The van der Waals surface area contributed by atoms with Crippen LogP contribution >= 0.6 is 11.5 Å². The average molecular weight is 193 g/mol. The monoisotopic (exact) mass is 193 g/mol. The zero-order valence-corrected chi connectivity index (χ0v) is 7.37. The van der Waals surface area contributed by atoms with Crippen LogP contribution in [0.25, 0.3) is 0 Å². The van der Waals surface area contributed by atoms with Crippen LogP contribution in [0.4, 0.5) is 13.9 Å². The van der Waals surface area contributed by atoms with Gasteiger partial charge in [0.2, 0.25) is 5.13 Å². The van der Waals surface area contributed by atoms with Gasteiger partial charge >= 0.3 is 0 Å². The summed E-state index contributed by atoms with van der Waals surface area (Å²) in [6, 6.07) is 0. The number of hydrogen-bond donors (Lipinski definition) is 1. The lowest BCUT2D eigenvalue weighted by molar-refractivity contribution is 0.0116. The van der Waals surface area contributed by atoms with Crippen molar-refractivity contribution in [1.29, 1.82) is 0 Å². The highest BCUT2D eigenvalue weighted by Gasteiger charge is 2.25. The Morgan fingerprint density at radius 3 is 2.92 bits per heavy atom. The number of aromatic nitrogens is 2. The van der Waals surface area contributed by atoms with E-state index in [2.05, 4.69) is 14.7 Å². The van der Waals surface area contributed by atoms with E-state index in [0.29, 0.717) is 5.13 Å². The zero-order chi connectivity index (χ0) is 9.03. The van der Waals surface area contributed by atoms with Gasteiger partial charge < -0.3 is 5.32 Å².